The Morgan fingerprint density at radius 2 is 1.66 bits per heavy atom. The van der Waals surface area contributed by atoms with E-state index in [1.807, 2.05) is 32.0 Å². The Hall–Kier alpha value is -3.02. The summed E-state index contributed by atoms with van der Waals surface area (Å²) in [5.41, 5.74) is 1.75. The fourth-order valence-corrected chi connectivity index (χ4v) is 3.20. The molecule has 0 unspecified atom stereocenters. The van der Waals surface area contributed by atoms with Crippen molar-refractivity contribution in [2.45, 2.75) is 26.7 Å². The molecule has 0 heterocycles. The topological polar surface area (TPSA) is 75.6 Å². The van der Waals surface area contributed by atoms with E-state index >= 15 is 0 Å². The van der Waals surface area contributed by atoms with E-state index < -0.39 is 11.9 Å². The maximum absolute atomic E-state index is 12.5. The Morgan fingerprint density at radius 3 is 2.22 bits per heavy atom. The lowest BCUT2D eigenvalue weighted by atomic mass is 9.93. The zero-order valence-electron chi connectivity index (χ0n) is 18.1. The van der Waals surface area contributed by atoms with Gasteiger partial charge in [-0.15, -0.1) is 0 Å². The molecule has 0 aliphatic rings. The number of carboxylic acids is 1. The molecule has 5 nitrogen and oxygen atoms in total. The molecule has 0 aromatic heterocycles. The van der Waals surface area contributed by atoms with Gasteiger partial charge >= 0.3 is 11.9 Å². The Balaban J connectivity index is 0.000000336. The second kappa shape index (κ2) is 12.1. The van der Waals surface area contributed by atoms with Crippen LogP contribution in [0.15, 0.2) is 66.7 Å². The maximum atomic E-state index is 12.5. The Kier molecular flexibility index (Phi) is 9.57. The lowest BCUT2D eigenvalue weighted by Gasteiger charge is -2.14. The highest BCUT2D eigenvalue weighted by Crippen LogP contribution is 2.28. The molecule has 3 rings (SSSR count). The zero-order chi connectivity index (χ0) is 23.7. The van der Waals surface area contributed by atoms with E-state index in [0.717, 1.165) is 6.54 Å². The van der Waals surface area contributed by atoms with Crippen molar-refractivity contribution in [1.82, 2.24) is 0 Å². The molecule has 7 heteroatoms. The number of carbonyl (C=O) groups is 2. The van der Waals surface area contributed by atoms with E-state index in [0.29, 0.717) is 10.6 Å². The fourth-order valence-electron chi connectivity index (χ4n) is 2.92. The molecule has 0 bridgehead atoms. The zero-order valence-corrected chi connectivity index (χ0v) is 19.6. The lowest BCUT2D eigenvalue weighted by Crippen LogP contribution is -2.17. The first-order chi connectivity index (χ1) is 15.2. The molecular weight excluding hydrogens is 449 g/mol. The van der Waals surface area contributed by atoms with E-state index in [2.05, 4.69) is 24.4 Å². The average molecular weight is 474 g/mol. The van der Waals surface area contributed by atoms with E-state index in [9.17, 15) is 14.7 Å². The highest BCUT2D eigenvalue weighted by molar-refractivity contribution is 6.42. The lowest BCUT2D eigenvalue weighted by molar-refractivity contribution is 0.0667. The van der Waals surface area contributed by atoms with Crippen LogP contribution in [-0.4, -0.2) is 23.6 Å². The quantitative estimate of drug-likeness (QED) is 0.293. The van der Waals surface area contributed by atoms with Gasteiger partial charge in [0.15, 0.2) is 0 Å². The molecule has 0 spiro atoms. The van der Waals surface area contributed by atoms with E-state index in [1.165, 1.54) is 30.0 Å². The van der Waals surface area contributed by atoms with Crippen molar-refractivity contribution in [2.24, 2.45) is 0 Å². The molecule has 3 aromatic carbocycles. The van der Waals surface area contributed by atoms with Gasteiger partial charge < -0.3 is 15.2 Å². The highest BCUT2D eigenvalue weighted by Gasteiger charge is 2.23. The SMILES string of the molecule is CC(C)c1cccc(C(=O)O)c1C(=O)Oc1ccc(Cl)c(Cl)c1.CCNc1ccccc1. The third kappa shape index (κ3) is 7.01. The normalized spacial score (nSPS) is 10.2. The first-order valence-corrected chi connectivity index (χ1v) is 10.8. The van der Waals surface area contributed by atoms with Gasteiger partial charge in [-0.3, -0.25) is 0 Å². The van der Waals surface area contributed by atoms with E-state index in [-0.39, 0.29) is 27.8 Å². The van der Waals surface area contributed by atoms with Gasteiger partial charge in [0.1, 0.15) is 5.75 Å². The first-order valence-electron chi connectivity index (χ1n) is 10.1. The Morgan fingerprint density at radius 1 is 0.969 bits per heavy atom. The van der Waals surface area contributed by atoms with Gasteiger partial charge in [0.05, 0.1) is 21.2 Å². The molecule has 0 saturated carbocycles. The van der Waals surface area contributed by atoms with Crippen molar-refractivity contribution in [2.75, 3.05) is 11.9 Å². The summed E-state index contributed by atoms with van der Waals surface area (Å²) in [6.07, 6.45) is 0. The second-order valence-electron chi connectivity index (χ2n) is 7.09. The largest absolute Gasteiger partial charge is 0.478 e. The summed E-state index contributed by atoms with van der Waals surface area (Å²) in [6.45, 7) is 6.82. The predicted molar refractivity (Wildman–Crippen MR) is 130 cm³/mol. The molecule has 2 N–H and O–H groups in total. The number of benzene rings is 3. The van der Waals surface area contributed by atoms with E-state index in [1.54, 1.807) is 12.1 Å². The minimum absolute atomic E-state index is 0.0364. The number of esters is 1. The number of nitrogens with one attached hydrogen (secondary N) is 1. The summed E-state index contributed by atoms with van der Waals surface area (Å²) < 4.78 is 5.27. The van der Waals surface area contributed by atoms with Gasteiger partial charge in [-0.1, -0.05) is 67.4 Å². The number of halogens is 2. The van der Waals surface area contributed by atoms with Crippen molar-refractivity contribution in [1.29, 1.82) is 0 Å². The minimum Gasteiger partial charge on any atom is -0.478 e. The van der Waals surface area contributed by atoms with Crippen molar-refractivity contribution < 1.29 is 19.4 Å². The molecule has 0 fully saturated rings. The molecule has 3 aromatic rings. The number of aromatic carboxylic acids is 1. The number of ether oxygens (including phenoxy) is 1. The number of carboxylic acid groups (broad SMARTS) is 1. The number of rotatable bonds is 6. The van der Waals surface area contributed by atoms with Crippen LogP contribution in [0, 0.1) is 0 Å². The number of hydrogen-bond donors (Lipinski definition) is 2. The first kappa shape index (κ1) is 25.2. The Labute approximate surface area is 197 Å². The molecule has 0 aliphatic heterocycles. The summed E-state index contributed by atoms with van der Waals surface area (Å²) >= 11 is 11.7. The van der Waals surface area contributed by atoms with Crippen molar-refractivity contribution in [3.8, 4) is 5.75 Å². The third-order valence-electron chi connectivity index (χ3n) is 4.41. The van der Waals surface area contributed by atoms with Crippen LogP contribution >= 0.6 is 23.2 Å². The molecule has 0 saturated heterocycles. The van der Waals surface area contributed by atoms with Crippen LogP contribution in [-0.2, 0) is 0 Å². The van der Waals surface area contributed by atoms with Crippen LogP contribution < -0.4 is 10.1 Å². The third-order valence-corrected chi connectivity index (χ3v) is 5.15. The monoisotopic (exact) mass is 473 g/mol. The van der Waals surface area contributed by atoms with Crippen LogP contribution in [0.1, 0.15) is 53.0 Å². The minimum atomic E-state index is -1.19. The Bertz CT molecular complexity index is 1070. The molecule has 168 valence electrons. The summed E-state index contributed by atoms with van der Waals surface area (Å²) in [6, 6.07) is 19.3. The van der Waals surface area contributed by atoms with Gasteiger partial charge in [0, 0.05) is 18.3 Å². The van der Waals surface area contributed by atoms with Crippen molar-refractivity contribution in [3.05, 3.63) is 93.5 Å². The predicted octanol–water partition coefficient (Wildman–Crippen LogP) is 7.15. The summed E-state index contributed by atoms with van der Waals surface area (Å²) in [5, 5.41) is 13.1. The molecule has 0 amide bonds. The van der Waals surface area contributed by atoms with Gasteiger partial charge in [-0.2, -0.15) is 0 Å². The van der Waals surface area contributed by atoms with Crippen LogP contribution in [0.5, 0.6) is 5.75 Å². The highest BCUT2D eigenvalue weighted by atomic mass is 35.5. The second-order valence-corrected chi connectivity index (χ2v) is 7.91. The standard InChI is InChI=1S/C17H14Cl2O4.C8H11N/c1-9(2)11-4-3-5-12(16(20)21)15(11)17(22)23-10-6-7-13(18)14(19)8-10;1-2-9-8-6-4-3-5-7-8/h3-9H,1-2H3,(H,20,21);3-7,9H,2H2,1H3. The maximum Gasteiger partial charge on any atom is 0.344 e. The summed E-state index contributed by atoms with van der Waals surface area (Å²) in [4.78, 5) is 23.9. The van der Waals surface area contributed by atoms with Gasteiger partial charge in [0.25, 0.3) is 0 Å². The average Bonchev–Trinajstić information content (AvgIpc) is 2.77. The number of carbonyl (C=O) groups excluding carboxylic acids is 1. The van der Waals surface area contributed by atoms with Gasteiger partial charge in [0.2, 0.25) is 0 Å². The van der Waals surface area contributed by atoms with Crippen molar-refractivity contribution in [3.63, 3.8) is 0 Å². The summed E-state index contributed by atoms with van der Waals surface area (Å²) in [7, 11) is 0. The molecule has 0 radical (unpaired) electrons. The van der Waals surface area contributed by atoms with E-state index in [4.69, 9.17) is 27.9 Å². The van der Waals surface area contributed by atoms with Crippen molar-refractivity contribution >= 4 is 40.8 Å². The molecule has 32 heavy (non-hydrogen) atoms. The number of hydrogen-bond acceptors (Lipinski definition) is 4. The van der Waals surface area contributed by atoms with Gasteiger partial charge in [-0.25, -0.2) is 9.59 Å². The fraction of sp³-hybridized carbons (Fsp3) is 0.200. The smallest absolute Gasteiger partial charge is 0.344 e. The van der Waals surface area contributed by atoms with Crippen LogP contribution in [0.3, 0.4) is 0 Å². The van der Waals surface area contributed by atoms with Crippen LogP contribution in [0.25, 0.3) is 0 Å². The number of para-hydroxylation sites is 1. The summed E-state index contributed by atoms with van der Waals surface area (Å²) in [5.74, 6) is -1.77. The van der Waals surface area contributed by atoms with Gasteiger partial charge in [-0.05, 0) is 48.7 Å². The van der Waals surface area contributed by atoms with Crippen LogP contribution in [0.2, 0.25) is 10.0 Å². The molecule has 0 aliphatic carbocycles. The number of anilines is 1. The molecular formula is C25H25Cl2NO4. The van der Waals surface area contributed by atoms with Crippen LogP contribution in [0.4, 0.5) is 5.69 Å². The molecule has 0 atom stereocenters.